The average Bonchev–Trinajstić information content (AvgIpc) is 2.86. The molecule has 0 saturated heterocycles. The maximum absolute atomic E-state index is 11.7. The zero-order valence-corrected chi connectivity index (χ0v) is 18.6. The van der Waals surface area contributed by atoms with Crippen LogP contribution in [-0.4, -0.2) is 25.7 Å². The van der Waals surface area contributed by atoms with Crippen molar-refractivity contribution >= 4 is 16.7 Å². The number of esters is 1. The van der Waals surface area contributed by atoms with Gasteiger partial charge < -0.3 is 10.1 Å². The predicted molar refractivity (Wildman–Crippen MR) is 132 cm³/mol. The molecule has 0 spiro atoms. The summed E-state index contributed by atoms with van der Waals surface area (Å²) in [6, 6.07) is 34.3. The molecule has 0 aliphatic rings. The number of rotatable bonds is 8. The fourth-order valence-electron chi connectivity index (χ4n) is 4.30. The van der Waals surface area contributed by atoms with E-state index in [1.54, 1.807) is 0 Å². The van der Waals surface area contributed by atoms with Crippen LogP contribution in [0, 0.1) is 0 Å². The minimum absolute atomic E-state index is 0.0932. The molecule has 32 heavy (non-hydrogen) atoms. The summed E-state index contributed by atoms with van der Waals surface area (Å²) in [4.78, 5) is 11.7. The Hall–Kier alpha value is -3.43. The van der Waals surface area contributed by atoms with Crippen molar-refractivity contribution in [3.8, 4) is 11.1 Å². The Morgan fingerprint density at radius 3 is 2.22 bits per heavy atom. The van der Waals surface area contributed by atoms with Gasteiger partial charge in [0.15, 0.2) is 0 Å². The fraction of sp³-hybridized carbons (Fsp3) is 0.207. The van der Waals surface area contributed by atoms with E-state index >= 15 is 0 Å². The molecule has 162 valence electrons. The van der Waals surface area contributed by atoms with Gasteiger partial charge in [-0.25, -0.2) is 0 Å². The highest BCUT2D eigenvalue weighted by Gasteiger charge is 2.21. The Labute approximate surface area is 190 Å². The van der Waals surface area contributed by atoms with Crippen LogP contribution in [0.3, 0.4) is 0 Å². The lowest BCUT2D eigenvalue weighted by Crippen LogP contribution is -2.37. The van der Waals surface area contributed by atoms with E-state index in [2.05, 4.69) is 103 Å². The van der Waals surface area contributed by atoms with E-state index in [-0.39, 0.29) is 24.5 Å². The Kier molecular flexibility index (Phi) is 6.98. The minimum Gasteiger partial charge on any atom is -0.468 e. The molecule has 0 heterocycles. The number of carbonyl (C=O) groups is 1. The van der Waals surface area contributed by atoms with Crippen molar-refractivity contribution in [1.29, 1.82) is 0 Å². The van der Waals surface area contributed by atoms with Crippen molar-refractivity contribution in [3.63, 3.8) is 0 Å². The van der Waals surface area contributed by atoms with E-state index in [0.29, 0.717) is 0 Å². The first-order chi connectivity index (χ1) is 15.7. The molecule has 3 heteroatoms. The van der Waals surface area contributed by atoms with Crippen LogP contribution in [0.4, 0.5) is 0 Å². The number of fused-ring (bicyclic) bond motifs is 1. The summed E-state index contributed by atoms with van der Waals surface area (Å²) in [6.45, 7) is 2.34. The first kappa shape index (κ1) is 21.8. The van der Waals surface area contributed by atoms with Crippen molar-refractivity contribution in [2.75, 3.05) is 13.7 Å². The lowest BCUT2D eigenvalue weighted by molar-refractivity contribution is -0.139. The summed E-state index contributed by atoms with van der Waals surface area (Å²) >= 11 is 0. The smallest absolute Gasteiger partial charge is 0.319 e. The van der Waals surface area contributed by atoms with Crippen LogP contribution < -0.4 is 5.32 Å². The Bertz CT molecular complexity index is 1160. The van der Waals surface area contributed by atoms with Crippen molar-refractivity contribution in [3.05, 3.63) is 108 Å². The SMILES string of the molecule is COC(=O)CNC(C)C(Cc1cccc2ccccc12)c1ccc(-c2ccccc2)cc1. The van der Waals surface area contributed by atoms with Gasteiger partial charge in [0.2, 0.25) is 0 Å². The molecule has 2 unspecified atom stereocenters. The lowest BCUT2D eigenvalue weighted by atomic mass is 9.84. The molecule has 1 N–H and O–H groups in total. The monoisotopic (exact) mass is 423 g/mol. The molecule has 4 aromatic carbocycles. The number of methoxy groups -OCH3 is 1. The number of nitrogens with one attached hydrogen (secondary N) is 1. The van der Waals surface area contributed by atoms with E-state index in [1.165, 1.54) is 40.1 Å². The van der Waals surface area contributed by atoms with Gasteiger partial charge in [0.05, 0.1) is 13.7 Å². The van der Waals surface area contributed by atoms with E-state index in [0.717, 1.165) is 6.42 Å². The third-order valence-corrected chi connectivity index (χ3v) is 6.17. The highest BCUT2D eigenvalue weighted by Crippen LogP contribution is 2.30. The van der Waals surface area contributed by atoms with Crippen LogP contribution in [0.25, 0.3) is 21.9 Å². The number of hydrogen-bond donors (Lipinski definition) is 1. The molecule has 0 radical (unpaired) electrons. The zero-order valence-electron chi connectivity index (χ0n) is 18.6. The van der Waals surface area contributed by atoms with Crippen LogP contribution in [0.2, 0.25) is 0 Å². The second kappa shape index (κ2) is 10.3. The first-order valence-corrected chi connectivity index (χ1v) is 11.1. The van der Waals surface area contributed by atoms with Gasteiger partial charge in [-0.3, -0.25) is 4.79 Å². The third kappa shape index (κ3) is 5.06. The van der Waals surface area contributed by atoms with Crippen LogP contribution in [0.5, 0.6) is 0 Å². The second-order valence-electron chi connectivity index (χ2n) is 8.18. The number of carbonyl (C=O) groups excluding carboxylic acids is 1. The summed E-state index contributed by atoms with van der Waals surface area (Å²) in [5, 5.41) is 5.90. The largest absolute Gasteiger partial charge is 0.468 e. The van der Waals surface area contributed by atoms with Crippen molar-refractivity contribution in [2.24, 2.45) is 0 Å². The van der Waals surface area contributed by atoms with Gasteiger partial charge in [-0.15, -0.1) is 0 Å². The number of hydrogen-bond acceptors (Lipinski definition) is 3. The van der Waals surface area contributed by atoms with Crippen molar-refractivity contribution < 1.29 is 9.53 Å². The molecular formula is C29H29NO2. The quantitative estimate of drug-likeness (QED) is 0.354. The Morgan fingerprint density at radius 2 is 1.47 bits per heavy atom. The van der Waals surface area contributed by atoms with Crippen LogP contribution in [-0.2, 0) is 16.0 Å². The van der Waals surface area contributed by atoms with Crippen LogP contribution in [0.1, 0.15) is 24.0 Å². The molecule has 0 aromatic heterocycles. The summed E-state index contributed by atoms with van der Waals surface area (Å²) < 4.78 is 4.83. The molecule has 0 aliphatic heterocycles. The molecule has 4 rings (SSSR count). The summed E-state index contributed by atoms with van der Waals surface area (Å²) in [7, 11) is 1.42. The predicted octanol–water partition coefficient (Wildman–Crippen LogP) is 5.98. The summed E-state index contributed by atoms with van der Waals surface area (Å²) in [5.74, 6) is -0.0459. The third-order valence-electron chi connectivity index (χ3n) is 6.17. The summed E-state index contributed by atoms with van der Waals surface area (Å²) in [5.41, 5.74) is 4.98. The molecule has 2 atom stereocenters. The molecule has 3 nitrogen and oxygen atoms in total. The molecular weight excluding hydrogens is 394 g/mol. The van der Waals surface area contributed by atoms with E-state index < -0.39 is 0 Å². The highest BCUT2D eigenvalue weighted by atomic mass is 16.5. The van der Waals surface area contributed by atoms with Gasteiger partial charge in [-0.1, -0.05) is 97.1 Å². The molecule has 4 aromatic rings. The topological polar surface area (TPSA) is 38.3 Å². The van der Waals surface area contributed by atoms with Gasteiger partial charge in [-0.2, -0.15) is 0 Å². The van der Waals surface area contributed by atoms with Crippen LogP contribution in [0.15, 0.2) is 97.1 Å². The summed E-state index contributed by atoms with van der Waals surface area (Å²) in [6.07, 6.45) is 0.876. The molecule has 0 fully saturated rings. The standard InChI is InChI=1S/C29H29NO2/c1-21(30-20-29(31)32-2)28(19-26-13-8-12-24-11-6-7-14-27(24)26)25-17-15-23(16-18-25)22-9-4-3-5-10-22/h3-18,21,28,30H,19-20H2,1-2H3. The second-order valence-corrected chi connectivity index (χ2v) is 8.18. The van der Waals surface area contributed by atoms with Gasteiger partial charge in [0.25, 0.3) is 0 Å². The molecule has 0 amide bonds. The minimum atomic E-state index is -0.250. The van der Waals surface area contributed by atoms with Gasteiger partial charge in [-0.05, 0) is 46.4 Å². The van der Waals surface area contributed by atoms with Crippen molar-refractivity contribution in [1.82, 2.24) is 5.32 Å². The number of ether oxygens (including phenoxy) is 1. The average molecular weight is 424 g/mol. The van der Waals surface area contributed by atoms with Crippen molar-refractivity contribution in [2.45, 2.75) is 25.3 Å². The Balaban J connectivity index is 1.65. The normalized spacial score (nSPS) is 12.9. The fourth-order valence-corrected chi connectivity index (χ4v) is 4.30. The van der Waals surface area contributed by atoms with E-state index in [4.69, 9.17) is 4.74 Å². The lowest BCUT2D eigenvalue weighted by Gasteiger charge is -2.26. The van der Waals surface area contributed by atoms with Crippen LogP contribution >= 0.6 is 0 Å². The zero-order chi connectivity index (χ0) is 22.3. The van der Waals surface area contributed by atoms with E-state index in [1.807, 2.05) is 6.07 Å². The maximum Gasteiger partial charge on any atom is 0.319 e. The van der Waals surface area contributed by atoms with E-state index in [9.17, 15) is 4.79 Å². The first-order valence-electron chi connectivity index (χ1n) is 11.1. The highest BCUT2D eigenvalue weighted by molar-refractivity contribution is 5.85. The molecule has 0 bridgehead atoms. The van der Waals surface area contributed by atoms with Gasteiger partial charge in [0, 0.05) is 12.0 Å². The molecule has 0 saturated carbocycles. The Morgan fingerprint density at radius 1 is 0.812 bits per heavy atom. The van der Waals surface area contributed by atoms with Gasteiger partial charge >= 0.3 is 5.97 Å². The number of benzene rings is 4. The van der Waals surface area contributed by atoms with Gasteiger partial charge in [0.1, 0.15) is 0 Å². The molecule has 0 aliphatic carbocycles. The maximum atomic E-state index is 11.7.